The molecule has 0 amide bonds. The summed E-state index contributed by atoms with van der Waals surface area (Å²) < 4.78 is 5.61. The zero-order valence-corrected chi connectivity index (χ0v) is 10.2. The van der Waals surface area contributed by atoms with Crippen molar-refractivity contribution in [1.29, 1.82) is 0 Å². The third kappa shape index (κ3) is 1.91. The van der Waals surface area contributed by atoms with Crippen molar-refractivity contribution >= 4 is 28.2 Å². The number of hydrogen-bond donors (Lipinski definition) is 0. The number of hydrogen-bond acceptors (Lipinski definition) is 3. The van der Waals surface area contributed by atoms with E-state index in [-0.39, 0.29) is 0 Å². The van der Waals surface area contributed by atoms with E-state index in [1.54, 1.807) is 0 Å². The van der Waals surface area contributed by atoms with Crippen LogP contribution in [0, 0.1) is 0 Å². The number of anilines is 1. The van der Waals surface area contributed by atoms with Crippen molar-refractivity contribution in [2.45, 2.75) is 0 Å². The Morgan fingerprint density at radius 2 is 2.24 bits per heavy atom. The molecule has 4 heteroatoms. The highest BCUT2D eigenvalue weighted by Crippen LogP contribution is 2.32. The minimum absolute atomic E-state index is 0.617. The van der Waals surface area contributed by atoms with E-state index < -0.39 is 0 Å². The number of halogens is 1. The molecule has 3 rings (SSSR count). The van der Waals surface area contributed by atoms with E-state index in [1.165, 1.54) is 0 Å². The fraction of sp³-hybridized carbons (Fsp3) is 0.308. The van der Waals surface area contributed by atoms with Crippen molar-refractivity contribution in [3.8, 4) is 5.88 Å². The minimum atomic E-state index is 0.617. The summed E-state index contributed by atoms with van der Waals surface area (Å²) in [6, 6.07) is 10.2. The molecule has 0 radical (unpaired) electrons. The zero-order chi connectivity index (χ0) is 11.7. The van der Waals surface area contributed by atoms with Gasteiger partial charge in [-0.1, -0.05) is 18.2 Å². The third-order valence-corrected chi connectivity index (χ3v) is 3.13. The summed E-state index contributed by atoms with van der Waals surface area (Å²) in [5, 5.41) is 1.14. The molecule has 0 aliphatic carbocycles. The Labute approximate surface area is 105 Å². The first-order valence-electron chi connectivity index (χ1n) is 5.72. The van der Waals surface area contributed by atoms with Crippen LogP contribution in [-0.2, 0) is 0 Å². The minimum Gasteiger partial charge on any atom is -0.474 e. The van der Waals surface area contributed by atoms with Crippen molar-refractivity contribution in [2.75, 3.05) is 30.5 Å². The lowest BCUT2D eigenvalue weighted by Crippen LogP contribution is -2.34. The normalized spacial score (nSPS) is 14.5. The molecule has 2 aromatic rings. The van der Waals surface area contributed by atoms with Crippen LogP contribution >= 0.6 is 11.6 Å². The van der Waals surface area contributed by atoms with Crippen molar-refractivity contribution < 1.29 is 4.74 Å². The Bertz CT molecular complexity index is 544. The van der Waals surface area contributed by atoms with Gasteiger partial charge in [0, 0.05) is 17.8 Å². The quantitative estimate of drug-likeness (QED) is 0.764. The summed E-state index contributed by atoms with van der Waals surface area (Å²) in [6.07, 6.45) is 0. The molecule has 0 unspecified atom stereocenters. The lowest BCUT2D eigenvalue weighted by molar-refractivity contribution is 0.297. The summed E-state index contributed by atoms with van der Waals surface area (Å²) >= 11 is 5.82. The molecule has 17 heavy (non-hydrogen) atoms. The molecule has 1 aliphatic heterocycles. The van der Waals surface area contributed by atoms with Gasteiger partial charge in [0.05, 0.1) is 12.1 Å². The highest BCUT2D eigenvalue weighted by Gasteiger charge is 2.19. The second-order valence-electron chi connectivity index (χ2n) is 4.03. The van der Waals surface area contributed by atoms with E-state index in [1.807, 2.05) is 18.2 Å². The van der Waals surface area contributed by atoms with Crippen molar-refractivity contribution in [2.24, 2.45) is 0 Å². The molecule has 1 aliphatic rings. The van der Waals surface area contributed by atoms with Gasteiger partial charge in [0.25, 0.3) is 0 Å². The van der Waals surface area contributed by atoms with Gasteiger partial charge in [-0.3, -0.25) is 0 Å². The highest BCUT2D eigenvalue weighted by atomic mass is 35.5. The Balaban J connectivity index is 2.12. The molecule has 1 aromatic heterocycles. The van der Waals surface area contributed by atoms with Crippen LogP contribution in [0.3, 0.4) is 0 Å². The lowest BCUT2D eigenvalue weighted by Gasteiger charge is -2.30. The van der Waals surface area contributed by atoms with E-state index in [2.05, 4.69) is 22.0 Å². The van der Waals surface area contributed by atoms with Gasteiger partial charge in [0.15, 0.2) is 0 Å². The maximum atomic E-state index is 5.82. The molecule has 0 N–H and O–H groups in total. The Hall–Kier alpha value is -1.48. The Kier molecular flexibility index (Phi) is 2.77. The molecule has 0 saturated carbocycles. The van der Waals surface area contributed by atoms with Gasteiger partial charge in [-0.25, -0.2) is 4.98 Å². The Morgan fingerprint density at radius 3 is 3.12 bits per heavy atom. The van der Waals surface area contributed by atoms with Crippen molar-refractivity contribution in [3.05, 3.63) is 30.3 Å². The maximum absolute atomic E-state index is 5.82. The van der Waals surface area contributed by atoms with Crippen LogP contribution in [0.15, 0.2) is 30.3 Å². The summed E-state index contributed by atoms with van der Waals surface area (Å²) in [5.41, 5.74) is 2.02. The van der Waals surface area contributed by atoms with Crippen LogP contribution in [-0.4, -0.2) is 30.6 Å². The number of alkyl halides is 1. The number of pyridine rings is 1. The molecular formula is C13H13ClN2O. The zero-order valence-electron chi connectivity index (χ0n) is 9.40. The number of rotatable bonds is 2. The predicted molar refractivity (Wildman–Crippen MR) is 70.2 cm³/mol. The maximum Gasteiger partial charge on any atom is 0.238 e. The largest absolute Gasteiger partial charge is 0.474 e. The van der Waals surface area contributed by atoms with Crippen molar-refractivity contribution in [3.63, 3.8) is 0 Å². The number of benzene rings is 1. The van der Waals surface area contributed by atoms with Gasteiger partial charge in [-0.2, -0.15) is 0 Å². The van der Waals surface area contributed by atoms with Gasteiger partial charge in [0.2, 0.25) is 5.88 Å². The smallest absolute Gasteiger partial charge is 0.238 e. The second-order valence-corrected chi connectivity index (χ2v) is 4.41. The van der Waals surface area contributed by atoms with Crippen LogP contribution in [0.2, 0.25) is 0 Å². The molecule has 0 saturated heterocycles. The molecule has 0 atom stereocenters. The van der Waals surface area contributed by atoms with E-state index in [0.29, 0.717) is 12.5 Å². The average Bonchev–Trinajstić information content (AvgIpc) is 2.37. The highest BCUT2D eigenvalue weighted by molar-refractivity contribution is 6.18. The van der Waals surface area contributed by atoms with Crippen LogP contribution in [0.25, 0.3) is 10.9 Å². The monoisotopic (exact) mass is 248 g/mol. The molecule has 0 spiro atoms. The topological polar surface area (TPSA) is 25.4 Å². The number of para-hydroxylation sites is 1. The van der Waals surface area contributed by atoms with Crippen LogP contribution in [0.5, 0.6) is 5.88 Å². The molecule has 0 bridgehead atoms. The van der Waals surface area contributed by atoms with Gasteiger partial charge in [0.1, 0.15) is 12.3 Å². The number of ether oxygens (including phenoxy) is 1. The molecular weight excluding hydrogens is 236 g/mol. The second kappa shape index (κ2) is 4.41. The predicted octanol–water partition coefficient (Wildman–Crippen LogP) is 2.67. The first-order valence-corrected chi connectivity index (χ1v) is 6.25. The average molecular weight is 249 g/mol. The van der Waals surface area contributed by atoms with E-state index >= 15 is 0 Å². The lowest BCUT2D eigenvalue weighted by atomic mass is 10.2. The number of aromatic nitrogens is 1. The van der Waals surface area contributed by atoms with E-state index in [4.69, 9.17) is 16.3 Å². The van der Waals surface area contributed by atoms with Crippen LogP contribution < -0.4 is 9.64 Å². The summed E-state index contributed by atoms with van der Waals surface area (Å²) in [6.45, 7) is 2.38. The van der Waals surface area contributed by atoms with Gasteiger partial charge >= 0.3 is 0 Å². The van der Waals surface area contributed by atoms with Crippen molar-refractivity contribution in [1.82, 2.24) is 4.98 Å². The molecule has 0 fully saturated rings. The standard InChI is InChI=1S/C13H13ClN2O/c14-5-6-16-7-8-17-13-12(16)9-10-3-1-2-4-11(10)15-13/h1-4,9H,5-8H2. The van der Waals surface area contributed by atoms with Gasteiger partial charge < -0.3 is 9.64 Å². The fourth-order valence-electron chi connectivity index (χ4n) is 2.13. The summed E-state index contributed by atoms with van der Waals surface area (Å²) in [4.78, 5) is 6.77. The fourth-order valence-corrected chi connectivity index (χ4v) is 2.33. The third-order valence-electron chi connectivity index (χ3n) is 2.97. The SMILES string of the molecule is ClCCN1CCOc2nc3ccccc3cc21. The van der Waals surface area contributed by atoms with Gasteiger partial charge in [-0.15, -0.1) is 11.6 Å². The van der Waals surface area contributed by atoms with Crippen LogP contribution in [0.1, 0.15) is 0 Å². The van der Waals surface area contributed by atoms with Gasteiger partial charge in [-0.05, 0) is 12.1 Å². The first-order chi connectivity index (χ1) is 8.38. The number of nitrogens with zero attached hydrogens (tertiary/aromatic N) is 2. The number of fused-ring (bicyclic) bond motifs is 2. The van der Waals surface area contributed by atoms with Crippen LogP contribution in [0.4, 0.5) is 5.69 Å². The van der Waals surface area contributed by atoms with E-state index in [9.17, 15) is 0 Å². The molecule has 1 aromatic carbocycles. The Morgan fingerprint density at radius 1 is 1.35 bits per heavy atom. The van der Waals surface area contributed by atoms with E-state index in [0.717, 1.165) is 35.6 Å². The summed E-state index contributed by atoms with van der Waals surface area (Å²) in [7, 11) is 0. The molecule has 88 valence electrons. The molecule has 2 heterocycles. The molecule has 3 nitrogen and oxygen atoms in total. The first kappa shape index (κ1) is 10.7. The summed E-state index contributed by atoms with van der Waals surface area (Å²) in [5.74, 6) is 1.34.